The Kier molecular flexibility index (Phi) is 5.86. The van der Waals surface area contributed by atoms with Crippen molar-refractivity contribution >= 4 is 11.8 Å². The van der Waals surface area contributed by atoms with Crippen LogP contribution in [0.5, 0.6) is 17.2 Å². The Balaban J connectivity index is 2.35. The zero-order chi connectivity index (χ0) is 22.0. The smallest absolute Gasteiger partial charge is 0.336 e. The van der Waals surface area contributed by atoms with Crippen molar-refractivity contribution in [3.8, 4) is 17.2 Å². The number of hydrogen-bond donors (Lipinski definition) is 3. The molecule has 0 bridgehead atoms. The Labute approximate surface area is 171 Å². The number of aromatic amines is 2. The molecule has 1 aromatic heterocycles. The number of carbonyl (C=O) groups is 1. The van der Waals surface area contributed by atoms with Crippen LogP contribution in [-0.4, -0.2) is 43.9 Å². The average molecular weight is 417 g/mol. The van der Waals surface area contributed by atoms with E-state index in [9.17, 15) is 14.4 Å². The number of allylic oxidation sites excluding steroid dienone is 1. The molecule has 0 amide bonds. The lowest BCUT2D eigenvalue weighted by Crippen LogP contribution is -2.35. The molecular formula is C20H23N3O7. The van der Waals surface area contributed by atoms with Crippen LogP contribution in [0.15, 0.2) is 33.0 Å². The van der Waals surface area contributed by atoms with Crippen LogP contribution in [0, 0.1) is 0 Å². The molecule has 0 saturated heterocycles. The van der Waals surface area contributed by atoms with Crippen molar-refractivity contribution in [1.82, 2.24) is 9.97 Å². The normalized spacial score (nSPS) is 15.2. The van der Waals surface area contributed by atoms with Crippen molar-refractivity contribution < 1.29 is 23.7 Å². The summed E-state index contributed by atoms with van der Waals surface area (Å²) in [5.41, 5.74) is 0.0680. The van der Waals surface area contributed by atoms with Crippen LogP contribution in [0.25, 0.3) is 0 Å². The number of ether oxygens (including phenoxy) is 4. The second-order valence-corrected chi connectivity index (χ2v) is 6.47. The molecule has 10 nitrogen and oxygen atoms in total. The molecular weight excluding hydrogens is 394 g/mol. The molecule has 0 aliphatic carbocycles. The summed E-state index contributed by atoms with van der Waals surface area (Å²) in [5.74, 6) is -0.158. The number of anilines is 1. The van der Waals surface area contributed by atoms with E-state index in [4.69, 9.17) is 18.9 Å². The van der Waals surface area contributed by atoms with E-state index < -0.39 is 23.1 Å². The first-order valence-electron chi connectivity index (χ1n) is 9.17. The van der Waals surface area contributed by atoms with Crippen LogP contribution in [0.3, 0.4) is 0 Å². The number of rotatable bonds is 6. The Morgan fingerprint density at radius 1 is 1.03 bits per heavy atom. The number of nitrogens with one attached hydrogen (secondary N) is 3. The van der Waals surface area contributed by atoms with Gasteiger partial charge in [0.05, 0.1) is 45.0 Å². The number of aromatic nitrogens is 2. The van der Waals surface area contributed by atoms with E-state index in [0.717, 1.165) is 0 Å². The van der Waals surface area contributed by atoms with Crippen molar-refractivity contribution in [3.63, 3.8) is 0 Å². The van der Waals surface area contributed by atoms with Crippen molar-refractivity contribution in [2.24, 2.45) is 0 Å². The van der Waals surface area contributed by atoms with Gasteiger partial charge in [-0.3, -0.25) is 14.8 Å². The lowest BCUT2D eigenvalue weighted by molar-refractivity contribution is -0.138. The van der Waals surface area contributed by atoms with Gasteiger partial charge in [0, 0.05) is 5.70 Å². The number of methoxy groups -OCH3 is 3. The third-order valence-electron chi connectivity index (χ3n) is 4.79. The minimum absolute atomic E-state index is 0.159. The van der Waals surface area contributed by atoms with Gasteiger partial charge in [-0.05, 0) is 31.5 Å². The zero-order valence-corrected chi connectivity index (χ0v) is 17.3. The van der Waals surface area contributed by atoms with Gasteiger partial charge >= 0.3 is 11.7 Å². The molecule has 160 valence electrons. The van der Waals surface area contributed by atoms with Gasteiger partial charge in [0.1, 0.15) is 5.82 Å². The number of hydrogen-bond acceptors (Lipinski definition) is 8. The number of esters is 1. The van der Waals surface area contributed by atoms with Gasteiger partial charge in [0.15, 0.2) is 11.5 Å². The monoisotopic (exact) mass is 417 g/mol. The maximum absolute atomic E-state index is 12.8. The molecule has 3 rings (SSSR count). The number of H-pyrrole nitrogens is 2. The highest BCUT2D eigenvalue weighted by molar-refractivity contribution is 5.94. The maximum atomic E-state index is 12.8. The van der Waals surface area contributed by atoms with E-state index in [1.54, 1.807) is 26.0 Å². The number of benzene rings is 1. The van der Waals surface area contributed by atoms with Crippen LogP contribution in [0.1, 0.15) is 30.9 Å². The lowest BCUT2D eigenvalue weighted by atomic mass is 9.82. The Bertz CT molecular complexity index is 1100. The summed E-state index contributed by atoms with van der Waals surface area (Å²) in [4.78, 5) is 42.2. The SMILES string of the molecule is CCOC(=O)C1=C(C)Nc2[nH]c(=O)[nH]c(=O)c2[C@@H]1c1cc(OC)c(OC)c(OC)c1. The maximum Gasteiger partial charge on any atom is 0.336 e. The summed E-state index contributed by atoms with van der Waals surface area (Å²) >= 11 is 0. The molecule has 0 radical (unpaired) electrons. The number of carbonyl (C=O) groups excluding carboxylic acids is 1. The summed E-state index contributed by atoms with van der Waals surface area (Å²) in [6.45, 7) is 3.52. The van der Waals surface area contributed by atoms with Gasteiger partial charge in [0.2, 0.25) is 5.75 Å². The predicted molar refractivity (Wildman–Crippen MR) is 109 cm³/mol. The molecule has 1 aromatic carbocycles. The van der Waals surface area contributed by atoms with Gasteiger partial charge in [-0.1, -0.05) is 0 Å². The van der Waals surface area contributed by atoms with Gasteiger partial charge in [0.25, 0.3) is 5.56 Å². The molecule has 30 heavy (non-hydrogen) atoms. The predicted octanol–water partition coefficient (Wildman–Crippen LogP) is 1.48. The third kappa shape index (κ3) is 3.51. The quantitative estimate of drug-likeness (QED) is 0.603. The molecule has 0 unspecified atom stereocenters. The molecule has 2 aromatic rings. The highest BCUT2D eigenvalue weighted by atomic mass is 16.5. The van der Waals surface area contributed by atoms with Crippen molar-refractivity contribution in [2.75, 3.05) is 33.3 Å². The van der Waals surface area contributed by atoms with E-state index in [1.807, 2.05) is 0 Å². The third-order valence-corrected chi connectivity index (χ3v) is 4.79. The molecule has 0 spiro atoms. The summed E-state index contributed by atoms with van der Waals surface area (Å²) in [6, 6.07) is 3.30. The average Bonchev–Trinajstić information content (AvgIpc) is 2.71. The van der Waals surface area contributed by atoms with E-state index in [1.165, 1.54) is 21.3 Å². The molecule has 1 atom stereocenters. The molecule has 1 aliphatic rings. The summed E-state index contributed by atoms with van der Waals surface area (Å²) in [6.07, 6.45) is 0. The standard InChI is InChI=1S/C20H23N3O7/c1-6-30-19(25)13-9(2)21-17-15(18(24)23-20(26)22-17)14(13)10-7-11(27-3)16(29-5)12(8-10)28-4/h7-8,14H,6H2,1-5H3,(H3,21,22,23,24,26)/t14-/m1/s1. The van der Waals surface area contributed by atoms with E-state index in [0.29, 0.717) is 28.5 Å². The highest BCUT2D eigenvalue weighted by Gasteiger charge is 2.37. The van der Waals surface area contributed by atoms with Crippen LogP contribution >= 0.6 is 0 Å². The summed E-state index contributed by atoms with van der Waals surface area (Å²) in [7, 11) is 4.41. The minimum atomic E-state index is -0.852. The topological polar surface area (TPSA) is 132 Å². The minimum Gasteiger partial charge on any atom is -0.493 e. The van der Waals surface area contributed by atoms with E-state index in [-0.39, 0.29) is 23.6 Å². The van der Waals surface area contributed by atoms with E-state index >= 15 is 0 Å². The summed E-state index contributed by atoms with van der Waals surface area (Å²) in [5, 5.41) is 2.93. The van der Waals surface area contributed by atoms with Crippen LogP contribution in [0.4, 0.5) is 5.82 Å². The fourth-order valence-electron chi connectivity index (χ4n) is 3.57. The first-order valence-corrected chi connectivity index (χ1v) is 9.17. The molecule has 1 aliphatic heterocycles. The van der Waals surface area contributed by atoms with Crippen LogP contribution in [0.2, 0.25) is 0 Å². The fourth-order valence-corrected chi connectivity index (χ4v) is 3.57. The van der Waals surface area contributed by atoms with Crippen molar-refractivity contribution in [2.45, 2.75) is 19.8 Å². The molecule has 10 heteroatoms. The van der Waals surface area contributed by atoms with Crippen molar-refractivity contribution in [3.05, 3.63) is 55.4 Å². The van der Waals surface area contributed by atoms with Crippen LogP contribution in [-0.2, 0) is 9.53 Å². The van der Waals surface area contributed by atoms with Gasteiger partial charge < -0.3 is 24.3 Å². The second kappa shape index (κ2) is 8.36. The van der Waals surface area contributed by atoms with Gasteiger partial charge in [-0.2, -0.15) is 0 Å². The largest absolute Gasteiger partial charge is 0.493 e. The number of fused-ring (bicyclic) bond motifs is 1. The van der Waals surface area contributed by atoms with Crippen LogP contribution < -0.4 is 30.8 Å². The Morgan fingerprint density at radius 2 is 1.67 bits per heavy atom. The Hall–Kier alpha value is -3.69. The second-order valence-electron chi connectivity index (χ2n) is 6.47. The lowest BCUT2D eigenvalue weighted by Gasteiger charge is -2.29. The van der Waals surface area contributed by atoms with Gasteiger partial charge in [-0.15, -0.1) is 0 Å². The zero-order valence-electron chi connectivity index (χ0n) is 17.3. The fraction of sp³-hybridized carbons (Fsp3) is 0.350. The highest BCUT2D eigenvalue weighted by Crippen LogP contribution is 2.45. The molecule has 3 N–H and O–H groups in total. The molecule has 0 saturated carbocycles. The Morgan fingerprint density at radius 3 is 2.20 bits per heavy atom. The first kappa shape index (κ1) is 21.0. The summed E-state index contributed by atoms with van der Waals surface area (Å²) < 4.78 is 21.4. The molecule has 2 heterocycles. The van der Waals surface area contributed by atoms with Crippen molar-refractivity contribution in [1.29, 1.82) is 0 Å². The molecule has 0 fully saturated rings. The van der Waals surface area contributed by atoms with E-state index in [2.05, 4.69) is 15.3 Å². The first-order chi connectivity index (χ1) is 14.4. The van der Waals surface area contributed by atoms with Gasteiger partial charge in [-0.25, -0.2) is 9.59 Å².